The topological polar surface area (TPSA) is 119 Å². The van der Waals surface area contributed by atoms with Crippen LogP contribution < -0.4 is 5.32 Å². The van der Waals surface area contributed by atoms with Gasteiger partial charge in [0.15, 0.2) is 5.82 Å². The number of nitrogens with one attached hydrogen (secondary N) is 2. The highest BCUT2D eigenvalue weighted by atomic mass is 16.5. The predicted octanol–water partition coefficient (Wildman–Crippen LogP) is 2.05. The number of nitrogens with zero attached hydrogens (tertiary/aromatic N) is 3. The lowest BCUT2D eigenvalue weighted by atomic mass is 9.69. The molecule has 9 nitrogen and oxygen atoms in total. The average molecular weight is 424 g/mol. The highest BCUT2D eigenvalue weighted by Crippen LogP contribution is 2.40. The zero-order valence-electron chi connectivity index (χ0n) is 20.1. The second kappa shape index (κ2) is 10.3. The molecule has 1 aliphatic carbocycles. The van der Waals surface area contributed by atoms with Crippen LogP contribution in [0.3, 0.4) is 0 Å². The molecule has 0 radical (unpaired) electrons. The number of fused-ring (bicyclic) bond motifs is 1. The summed E-state index contributed by atoms with van der Waals surface area (Å²) in [6.07, 6.45) is 2.77. The lowest BCUT2D eigenvalue weighted by molar-refractivity contribution is -0.154. The fourth-order valence-electron chi connectivity index (χ4n) is 4.21. The summed E-state index contributed by atoms with van der Waals surface area (Å²) in [7, 11) is 0. The number of tetrazole rings is 1. The average Bonchev–Trinajstić information content (AvgIpc) is 3.27. The number of aromatic nitrogens is 4. The maximum atomic E-state index is 12.5. The Hall–Kier alpha value is -2.03. The summed E-state index contributed by atoms with van der Waals surface area (Å²) in [5.41, 5.74) is -0.539. The predicted molar refractivity (Wildman–Crippen MR) is 109 cm³/mol. The number of piperidine rings is 1. The van der Waals surface area contributed by atoms with E-state index in [9.17, 15) is 9.59 Å². The van der Waals surface area contributed by atoms with Gasteiger partial charge in [-0.25, -0.2) is 0 Å². The molecule has 1 aromatic rings. The molecule has 3 rings (SSSR count). The highest BCUT2D eigenvalue weighted by Gasteiger charge is 2.38. The van der Waals surface area contributed by atoms with Crippen molar-refractivity contribution in [2.24, 2.45) is 23.2 Å². The molecule has 1 saturated carbocycles. The number of hydrogen-bond acceptors (Lipinski definition) is 8. The van der Waals surface area contributed by atoms with E-state index in [2.05, 4.69) is 25.9 Å². The molecule has 1 saturated heterocycles. The van der Waals surface area contributed by atoms with Crippen molar-refractivity contribution in [3.63, 3.8) is 0 Å². The molecule has 4 atom stereocenters. The van der Waals surface area contributed by atoms with Gasteiger partial charge in [0.2, 0.25) is 0 Å². The molecule has 2 N–H and O–H groups in total. The number of carbonyl (C=O) groups excluding carboxylic acids is 2. The molecule has 1 aromatic heterocycles. The first-order valence-electron chi connectivity index (χ1n) is 11.9. The van der Waals surface area contributed by atoms with Gasteiger partial charge in [-0.1, -0.05) is 11.6 Å². The minimum absolute atomic E-state index is 0.0968. The van der Waals surface area contributed by atoms with Crippen molar-refractivity contribution in [2.75, 3.05) is 19.8 Å². The van der Waals surface area contributed by atoms with E-state index in [0.29, 0.717) is 31.1 Å². The van der Waals surface area contributed by atoms with Crippen molar-refractivity contribution in [1.29, 1.82) is 0 Å². The fourth-order valence-corrected chi connectivity index (χ4v) is 4.21. The van der Waals surface area contributed by atoms with E-state index in [1.807, 2.05) is 0 Å². The Morgan fingerprint density at radius 2 is 1.97 bits per heavy atom. The van der Waals surface area contributed by atoms with Gasteiger partial charge < -0.3 is 14.8 Å². The number of rotatable bonds is 8. The summed E-state index contributed by atoms with van der Waals surface area (Å²) in [4.78, 5) is 24.3. The highest BCUT2D eigenvalue weighted by molar-refractivity contribution is 5.76. The first-order valence-corrected chi connectivity index (χ1v) is 10.9. The van der Waals surface area contributed by atoms with Gasteiger partial charge in [0.1, 0.15) is 6.04 Å². The van der Waals surface area contributed by atoms with Crippen LogP contribution in [-0.4, -0.2) is 58.4 Å². The van der Waals surface area contributed by atoms with Crippen LogP contribution in [-0.2, 0) is 25.4 Å². The molecule has 9 heteroatoms. The third-order valence-corrected chi connectivity index (χ3v) is 5.97. The third kappa shape index (κ3) is 6.48. The summed E-state index contributed by atoms with van der Waals surface area (Å²) < 4.78 is 27.2. The normalized spacial score (nSPS) is 28.1. The zero-order chi connectivity index (χ0) is 23.4. The van der Waals surface area contributed by atoms with E-state index in [1.165, 1.54) is 0 Å². The summed E-state index contributed by atoms with van der Waals surface area (Å²) in [6.45, 7) is 6.62. The van der Waals surface area contributed by atoms with Gasteiger partial charge in [0, 0.05) is 15.5 Å². The molecule has 0 spiro atoms. The standard InChI is InChI=1S/C21H35N5O4/c1-21(2,3)20(28)30-10-4-9-29-19(27)17-12-16-11-14(5-7-15(16)13-22-17)6-8-18-23-25-26-24-18/h14-17,22H,4-13H2,1-3H3,(H,23,24,25,26)/t14-,15+,16-,17+/m1/s1/i8D2. The van der Waals surface area contributed by atoms with Gasteiger partial charge in [-0.2, -0.15) is 5.21 Å². The van der Waals surface area contributed by atoms with E-state index in [4.69, 9.17) is 12.2 Å². The smallest absolute Gasteiger partial charge is 0.323 e. The minimum Gasteiger partial charge on any atom is -0.465 e. The second-order valence-corrected chi connectivity index (χ2v) is 9.42. The zero-order valence-corrected chi connectivity index (χ0v) is 18.1. The van der Waals surface area contributed by atoms with Crippen LogP contribution in [0.1, 0.15) is 67.9 Å². The molecule has 1 aliphatic heterocycles. The largest absolute Gasteiger partial charge is 0.465 e. The molecule has 30 heavy (non-hydrogen) atoms. The van der Waals surface area contributed by atoms with E-state index in [1.54, 1.807) is 20.8 Å². The molecule has 2 aliphatic rings. The Morgan fingerprint density at radius 1 is 1.17 bits per heavy atom. The Bertz CT molecular complexity index is 769. The van der Waals surface area contributed by atoms with Crippen molar-refractivity contribution in [1.82, 2.24) is 25.9 Å². The van der Waals surface area contributed by atoms with Gasteiger partial charge in [0.25, 0.3) is 0 Å². The third-order valence-electron chi connectivity index (χ3n) is 5.97. The number of H-pyrrole nitrogens is 1. The maximum absolute atomic E-state index is 12.5. The summed E-state index contributed by atoms with van der Waals surface area (Å²) in [5, 5.41) is 16.7. The molecule has 2 heterocycles. The van der Waals surface area contributed by atoms with Crippen LogP contribution >= 0.6 is 0 Å². The number of ether oxygens (including phenoxy) is 2. The Morgan fingerprint density at radius 3 is 2.70 bits per heavy atom. The fraction of sp³-hybridized carbons (Fsp3) is 0.857. The lowest BCUT2D eigenvalue weighted by Gasteiger charge is -2.42. The molecule has 2 fully saturated rings. The first-order chi connectivity index (χ1) is 15.1. The Labute approximate surface area is 180 Å². The molecule has 168 valence electrons. The van der Waals surface area contributed by atoms with Gasteiger partial charge >= 0.3 is 11.9 Å². The molecule has 0 bridgehead atoms. The number of aromatic amines is 1. The van der Waals surface area contributed by atoms with Gasteiger partial charge in [-0.05, 0) is 70.8 Å². The molecular weight excluding hydrogens is 386 g/mol. The maximum Gasteiger partial charge on any atom is 0.323 e. The number of esters is 2. The van der Waals surface area contributed by atoms with Crippen LogP contribution in [0.5, 0.6) is 0 Å². The SMILES string of the molecule is [2H]C([2H])(C[C@H]1CC[C@H]2CN[C@H](C(=O)OCCCOC(=O)C(C)(C)C)C[C@H]2C1)c1nn[nH]n1. The number of hydrogen-bond donors (Lipinski definition) is 2. The van der Waals surface area contributed by atoms with Crippen molar-refractivity contribution in [3.8, 4) is 0 Å². The van der Waals surface area contributed by atoms with E-state index in [-0.39, 0.29) is 42.9 Å². The van der Waals surface area contributed by atoms with Crippen molar-refractivity contribution in [2.45, 2.75) is 71.7 Å². The van der Waals surface area contributed by atoms with E-state index < -0.39 is 11.8 Å². The summed E-state index contributed by atoms with van der Waals surface area (Å²) in [6, 6.07) is -0.346. The van der Waals surface area contributed by atoms with Crippen LogP contribution in [0.2, 0.25) is 0 Å². The van der Waals surface area contributed by atoms with E-state index >= 15 is 0 Å². The van der Waals surface area contributed by atoms with Crippen LogP contribution in [0.25, 0.3) is 0 Å². The van der Waals surface area contributed by atoms with Crippen molar-refractivity contribution >= 4 is 11.9 Å². The monoisotopic (exact) mass is 423 g/mol. The molecule has 0 unspecified atom stereocenters. The number of aryl methyl sites for hydroxylation is 1. The van der Waals surface area contributed by atoms with Crippen molar-refractivity contribution in [3.05, 3.63) is 5.82 Å². The van der Waals surface area contributed by atoms with Crippen LogP contribution in [0.4, 0.5) is 0 Å². The Balaban J connectivity index is 1.41. The minimum atomic E-state index is -1.62. The first kappa shape index (κ1) is 19.9. The van der Waals surface area contributed by atoms with Gasteiger partial charge in [-0.3, -0.25) is 9.59 Å². The lowest BCUT2D eigenvalue weighted by Crippen LogP contribution is -2.50. The van der Waals surface area contributed by atoms with Gasteiger partial charge in [-0.15, -0.1) is 10.2 Å². The van der Waals surface area contributed by atoms with Gasteiger partial charge in [0.05, 0.1) is 18.6 Å². The van der Waals surface area contributed by atoms with Crippen LogP contribution in [0, 0.1) is 23.2 Å². The van der Waals surface area contributed by atoms with Crippen LogP contribution in [0.15, 0.2) is 0 Å². The van der Waals surface area contributed by atoms with E-state index in [0.717, 1.165) is 25.8 Å². The quantitative estimate of drug-likeness (QED) is 0.482. The number of carbonyl (C=O) groups is 2. The molecular formula is C21H35N5O4. The molecule has 0 amide bonds. The summed E-state index contributed by atoms with van der Waals surface area (Å²) >= 11 is 0. The van der Waals surface area contributed by atoms with Crippen molar-refractivity contribution < 1.29 is 21.8 Å². The second-order valence-electron chi connectivity index (χ2n) is 9.42. The molecule has 0 aromatic carbocycles. The summed E-state index contributed by atoms with van der Waals surface area (Å²) in [5.74, 6) is 0.648. The Kier molecular flexibility index (Phi) is 6.85.